The lowest BCUT2D eigenvalue weighted by Crippen LogP contribution is -2.36. The molecule has 0 saturated carbocycles. The molecule has 5 rings (SSSR count). The maximum atomic E-state index is 12.6. The van der Waals surface area contributed by atoms with E-state index in [4.69, 9.17) is 9.72 Å². The highest BCUT2D eigenvalue weighted by atomic mass is 16.5. The molecule has 182 valence electrons. The molecular weight excluding hydrogens is 456 g/mol. The number of aromatic nitrogens is 2. The van der Waals surface area contributed by atoms with Crippen molar-refractivity contribution in [3.63, 3.8) is 0 Å². The van der Waals surface area contributed by atoms with Gasteiger partial charge in [0.05, 0.1) is 12.0 Å². The smallest absolute Gasteiger partial charge is 0.334 e. The molecule has 0 aliphatic rings. The number of nitrogens with zero attached hydrogens (tertiary/aromatic N) is 2. The van der Waals surface area contributed by atoms with Crippen LogP contribution in [0.2, 0.25) is 0 Å². The Morgan fingerprint density at radius 3 is 1.68 bits per heavy atom. The number of ether oxygens (including phenoxy) is 1. The van der Waals surface area contributed by atoms with Crippen molar-refractivity contribution < 1.29 is 9.53 Å². The van der Waals surface area contributed by atoms with Crippen molar-refractivity contribution in [1.82, 2.24) is 9.55 Å². The number of hydrogen-bond acceptors (Lipinski definition) is 3. The molecule has 0 amide bonds. The van der Waals surface area contributed by atoms with E-state index in [0.717, 1.165) is 27.9 Å². The van der Waals surface area contributed by atoms with Gasteiger partial charge in [0.15, 0.2) is 0 Å². The van der Waals surface area contributed by atoms with Gasteiger partial charge in [-0.3, -0.25) is 0 Å². The predicted octanol–water partition coefficient (Wildman–Crippen LogP) is 6.57. The van der Waals surface area contributed by atoms with Crippen LogP contribution in [0, 0.1) is 0 Å². The van der Waals surface area contributed by atoms with Crippen LogP contribution in [0.5, 0.6) is 0 Å². The highest BCUT2D eigenvalue weighted by Crippen LogP contribution is 2.40. The summed E-state index contributed by atoms with van der Waals surface area (Å²) in [6, 6.07) is 40.8. The lowest BCUT2D eigenvalue weighted by atomic mass is 9.77. The van der Waals surface area contributed by atoms with Gasteiger partial charge in [0.2, 0.25) is 0 Å². The quantitative estimate of drug-likeness (QED) is 0.135. The molecule has 0 fully saturated rings. The van der Waals surface area contributed by atoms with Crippen molar-refractivity contribution in [3.05, 3.63) is 174 Å². The number of benzene rings is 4. The van der Waals surface area contributed by atoms with Crippen LogP contribution in [-0.4, -0.2) is 15.5 Å². The zero-order valence-electron chi connectivity index (χ0n) is 20.5. The summed E-state index contributed by atoms with van der Waals surface area (Å²) in [6.45, 7) is 4.20. The molecule has 0 N–H and O–H groups in total. The van der Waals surface area contributed by atoms with E-state index >= 15 is 0 Å². The van der Waals surface area contributed by atoms with Gasteiger partial charge in [0.1, 0.15) is 12.1 Å². The fourth-order valence-corrected chi connectivity index (χ4v) is 4.74. The van der Waals surface area contributed by atoms with Crippen LogP contribution in [0.3, 0.4) is 0 Å². The van der Waals surface area contributed by atoms with Crippen molar-refractivity contribution in [2.45, 2.75) is 18.6 Å². The Hall–Kier alpha value is -4.70. The Morgan fingerprint density at radius 2 is 1.19 bits per heavy atom. The number of hydrogen-bond donors (Lipinski definition) is 0. The van der Waals surface area contributed by atoms with E-state index in [2.05, 4.69) is 83.9 Å². The van der Waals surface area contributed by atoms with Gasteiger partial charge in [-0.2, -0.15) is 0 Å². The third kappa shape index (κ3) is 5.00. The summed E-state index contributed by atoms with van der Waals surface area (Å²) >= 11 is 0. The zero-order valence-corrected chi connectivity index (χ0v) is 20.5. The van der Waals surface area contributed by atoms with Crippen molar-refractivity contribution in [1.29, 1.82) is 0 Å². The third-order valence-corrected chi connectivity index (χ3v) is 6.49. The van der Waals surface area contributed by atoms with Crippen molar-refractivity contribution in [2.24, 2.45) is 0 Å². The van der Waals surface area contributed by atoms with Gasteiger partial charge < -0.3 is 9.30 Å². The standard InChI is InChI=1S/C33H28N2O2/c1-26(32(36)37-24-27-14-6-2-7-15-27)22-31-23-35(25-34-31)33(28-16-8-3-9-17-28,29-18-10-4-11-19-29)30-20-12-5-13-21-30/h2-21,23,25H,1,22,24H2. The molecule has 5 aromatic rings. The minimum atomic E-state index is -0.649. The van der Waals surface area contributed by atoms with E-state index in [9.17, 15) is 4.79 Å². The first-order valence-corrected chi connectivity index (χ1v) is 12.3. The molecule has 37 heavy (non-hydrogen) atoms. The Balaban J connectivity index is 1.49. The summed E-state index contributed by atoms with van der Waals surface area (Å²) in [4.78, 5) is 17.3. The molecule has 1 heterocycles. The van der Waals surface area contributed by atoms with Crippen molar-refractivity contribution in [2.75, 3.05) is 0 Å². The summed E-state index contributed by atoms with van der Waals surface area (Å²) in [6.07, 6.45) is 4.14. The van der Waals surface area contributed by atoms with Gasteiger partial charge in [0.25, 0.3) is 0 Å². The summed E-state index contributed by atoms with van der Waals surface area (Å²) < 4.78 is 7.60. The normalized spacial score (nSPS) is 11.1. The van der Waals surface area contributed by atoms with Gasteiger partial charge in [-0.05, 0) is 22.3 Å². The first-order chi connectivity index (χ1) is 18.2. The highest BCUT2D eigenvalue weighted by molar-refractivity contribution is 5.88. The number of carbonyl (C=O) groups is 1. The van der Waals surface area contributed by atoms with Crippen LogP contribution in [0.1, 0.15) is 27.9 Å². The minimum absolute atomic E-state index is 0.215. The van der Waals surface area contributed by atoms with Crippen LogP contribution in [-0.2, 0) is 28.1 Å². The molecule has 0 aliphatic carbocycles. The second kappa shape index (κ2) is 10.9. The molecule has 0 saturated heterocycles. The number of rotatable bonds is 9. The van der Waals surface area contributed by atoms with Crippen LogP contribution < -0.4 is 0 Å². The monoisotopic (exact) mass is 484 g/mol. The molecule has 0 aliphatic heterocycles. The van der Waals surface area contributed by atoms with Gasteiger partial charge in [-0.1, -0.05) is 128 Å². The second-order valence-corrected chi connectivity index (χ2v) is 8.92. The van der Waals surface area contributed by atoms with Crippen molar-refractivity contribution in [3.8, 4) is 0 Å². The van der Waals surface area contributed by atoms with Gasteiger partial charge in [0, 0.05) is 18.2 Å². The van der Waals surface area contributed by atoms with Gasteiger partial charge >= 0.3 is 5.97 Å². The molecule has 0 radical (unpaired) electrons. The molecular formula is C33H28N2O2. The van der Waals surface area contributed by atoms with Crippen molar-refractivity contribution >= 4 is 5.97 Å². The maximum Gasteiger partial charge on any atom is 0.334 e. The molecule has 0 unspecified atom stereocenters. The Labute approximate surface area is 217 Å². The first kappa shape index (κ1) is 24.0. The molecule has 0 bridgehead atoms. The lowest BCUT2D eigenvalue weighted by molar-refractivity contribution is -0.140. The molecule has 4 aromatic carbocycles. The summed E-state index contributed by atoms with van der Waals surface area (Å²) in [5.41, 5.74) is 4.72. The van der Waals surface area contributed by atoms with Gasteiger partial charge in [-0.15, -0.1) is 0 Å². The fraction of sp³-hybridized carbons (Fsp3) is 0.0909. The van der Waals surface area contributed by atoms with E-state index in [1.54, 1.807) is 0 Å². The average Bonchev–Trinajstić information content (AvgIpc) is 3.43. The van der Waals surface area contributed by atoms with E-state index in [0.29, 0.717) is 12.0 Å². The number of esters is 1. The van der Waals surface area contributed by atoms with E-state index in [-0.39, 0.29) is 6.61 Å². The molecule has 1 aromatic heterocycles. The summed E-state index contributed by atoms with van der Waals surface area (Å²) in [5.74, 6) is -0.418. The SMILES string of the molecule is C=C(Cc1cn(C(c2ccccc2)(c2ccccc2)c2ccccc2)cn1)C(=O)OCc1ccccc1. The van der Waals surface area contributed by atoms with Crippen LogP contribution >= 0.6 is 0 Å². The predicted molar refractivity (Wildman–Crippen MR) is 146 cm³/mol. The fourth-order valence-electron chi connectivity index (χ4n) is 4.74. The van der Waals surface area contributed by atoms with E-state index in [1.165, 1.54) is 0 Å². The Bertz CT molecular complexity index is 1360. The van der Waals surface area contributed by atoms with Crippen LogP contribution in [0.25, 0.3) is 0 Å². The lowest BCUT2D eigenvalue weighted by Gasteiger charge is -2.37. The minimum Gasteiger partial charge on any atom is -0.457 e. The largest absolute Gasteiger partial charge is 0.457 e. The third-order valence-electron chi connectivity index (χ3n) is 6.49. The first-order valence-electron chi connectivity index (χ1n) is 12.3. The van der Waals surface area contributed by atoms with Crippen LogP contribution in [0.15, 0.2) is 146 Å². The molecule has 4 heteroatoms. The van der Waals surface area contributed by atoms with Gasteiger partial charge in [-0.25, -0.2) is 9.78 Å². The molecule has 0 atom stereocenters. The molecule has 0 spiro atoms. The average molecular weight is 485 g/mol. The number of imidazole rings is 1. The van der Waals surface area contributed by atoms with E-state index < -0.39 is 11.5 Å². The summed E-state index contributed by atoms with van der Waals surface area (Å²) in [5, 5.41) is 0. The topological polar surface area (TPSA) is 44.1 Å². The highest BCUT2D eigenvalue weighted by Gasteiger charge is 2.38. The summed E-state index contributed by atoms with van der Waals surface area (Å²) in [7, 11) is 0. The molecule has 4 nitrogen and oxygen atoms in total. The Kier molecular flexibility index (Phi) is 7.09. The maximum absolute atomic E-state index is 12.6. The second-order valence-electron chi connectivity index (χ2n) is 8.92. The van der Waals surface area contributed by atoms with Crippen LogP contribution in [0.4, 0.5) is 0 Å². The Morgan fingerprint density at radius 1 is 0.730 bits per heavy atom. The zero-order chi connectivity index (χ0) is 25.5. The van der Waals surface area contributed by atoms with E-state index in [1.807, 2.05) is 61.1 Å². The number of carbonyl (C=O) groups excluding carboxylic acids is 1.